The number of aliphatic carboxylic acids is 1. The lowest BCUT2D eigenvalue weighted by molar-refractivity contribution is -0.159. The number of carboxylic acids is 1. The van der Waals surface area contributed by atoms with Crippen molar-refractivity contribution in [2.24, 2.45) is 0 Å². The SMILES string of the molecule is CC(C)(C)OC(=O)CCCCCCCSCCCCCCCC(=O)NC(CCC(=O)O)C(=O)OC(C)(C)C. The van der Waals surface area contributed by atoms with Gasteiger partial charge in [-0.25, -0.2) is 4.79 Å². The van der Waals surface area contributed by atoms with Gasteiger partial charge in [-0.05, 0) is 85.2 Å². The van der Waals surface area contributed by atoms with Gasteiger partial charge in [0.1, 0.15) is 17.2 Å². The molecule has 222 valence electrons. The first-order valence-electron chi connectivity index (χ1n) is 14.2. The van der Waals surface area contributed by atoms with Crippen LogP contribution in [0.1, 0.15) is 131 Å². The van der Waals surface area contributed by atoms with Gasteiger partial charge in [0.2, 0.25) is 5.91 Å². The van der Waals surface area contributed by atoms with Crippen LogP contribution in [0.5, 0.6) is 0 Å². The molecule has 0 bridgehead atoms. The van der Waals surface area contributed by atoms with Crippen molar-refractivity contribution in [2.75, 3.05) is 11.5 Å². The Hall–Kier alpha value is -1.77. The van der Waals surface area contributed by atoms with Crippen LogP contribution in [0.4, 0.5) is 0 Å². The van der Waals surface area contributed by atoms with Crippen LogP contribution in [0, 0.1) is 0 Å². The van der Waals surface area contributed by atoms with E-state index in [4.69, 9.17) is 14.6 Å². The van der Waals surface area contributed by atoms with Crippen LogP contribution in [0.25, 0.3) is 0 Å². The van der Waals surface area contributed by atoms with Gasteiger partial charge in [0.15, 0.2) is 0 Å². The first kappa shape index (κ1) is 36.2. The highest BCUT2D eigenvalue weighted by Crippen LogP contribution is 2.15. The van der Waals surface area contributed by atoms with E-state index in [1.165, 1.54) is 25.0 Å². The molecular weight excluding hydrogens is 506 g/mol. The molecule has 0 aromatic carbocycles. The number of thioether (sulfide) groups is 1. The highest BCUT2D eigenvalue weighted by molar-refractivity contribution is 7.99. The first-order chi connectivity index (χ1) is 17.7. The van der Waals surface area contributed by atoms with Crippen molar-refractivity contribution < 1.29 is 33.8 Å². The number of carbonyl (C=O) groups excluding carboxylic acids is 3. The Labute approximate surface area is 234 Å². The van der Waals surface area contributed by atoms with Gasteiger partial charge in [-0.1, -0.05) is 38.5 Å². The third-order valence-corrected chi connectivity index (χ3v) is 6.61. The molecule has 0 saturated carbocycles. The number of nitrogens with one attached hydrogen (secondary N) is 1. The number of carboxylic acid groups (broad SMARTS) is 1. The fraction of sp³-hybridized carbons (Fsp3) is 0.862. The second kappa shape index (κ2) is 20.2. The molecule has 0 fully saturated rings. The van der Waals surface area contributed by atoms with Crippen molar-refractivity contribution in [3.63, 3.8) is 0 Å². The highest BCUT2D eigenvalue weighted by atomic mass is 32.2. The Kier molecular flexibility index (Phi) is 19.2. The van der Waals surface area contributed by atoms with Crippen molar-refractivity contribution in [3.8, 4) is 0 Å². The van der Waals surface area contributed by atoms with Gasteiger partial charge < -0.3 is 19.9 Å². The summed E-state index contributed by atoms with van der Waals surface area (Å²) in [6.07, 6.45) is 11.3. The number of unbranched alkanes of at least 4 members (excludes halogenated alkanes) is 8. The predicted molar refractivity (Wildman–Crippen MR) is 153 cm³/mol. The smallest absolute Gasteiger partial charge is 0.329 e. The molecule has 0 spiro atoms. The van der Waals surface area contributed by atoms with E-state index in [0.29, 0.717) is 12.8 Å². The Balaban J connectivity index is 3.74. The summed E-state index contributed by atoms with van der Waals surface area (Å²) in [4.78, 5) is 47.2. The van der Waals surface area contributed by atoms with E-state index in [2.05, 4.69) is 5.32 Å². The number of esters is 2. The van der Waals surface area contributed by atoms with E-state index in [1.54, 1.807) is 20.8 Å². The van der Waals surface area contributed by atoms with Crippen LogP contribution in [0.15, 0.2) is 0 Å². The third kappa shape index (κ3) is 24.6. The normalized spacial score (nSPS) is 12.6. The summed E-state index contributed by atoms with van der Waals surface area (Å²) in [5, 5.41) is 11.6. The molecule has 0 saturated heterocycles. The average Bonchev–Trinajstić information content (AvgIpc) is 2.76. The van der Waals surface area contributed by atoms with Crippen LogP contribution in [-0.4, -0.2) is 57.7 Å². The van der Waals surface area contributed by atoms with Crippen molar-refractivity contribution in [1.29, 1.82) is 0 Å². The lowest BCUT2D eigenvalue weighted by atomic mass is 10.1. The van der Waals surface area contributed by atoms with Crippen molar-refractivity contribution >= 4 is 35.6 Å². The molecule has 1 atom stereocenters. The highest BCUT2D eigenvalue weighted by Gasteiger charge is 2.27. The van der Waals surface area contributed by atoms with Crippen molar-refractivity contribution in [1.82, 2.24) is 5.32 Å². The molecule has 0 aromatic rings. The Morgan fingerprint density at radius 2 is 1.16 bits per heavy atom. The zero-order chi connectivity index (χ0) is 29.0. The third-order valence-electron chi connectivity index (χ3n) is 5.46. The topological polar surface area (TPSA) is 119 Å². The summed E-state index contributed by atoms with van der Waals surface area (Å²) in [7, 11) is 0. The molecule has 0 aliphatic heterocycles. The van der Waals surface area contributed by atoms with E-state index in [1.807, 2.05) is 32.5 Å². The summed E-state index contributed by atoms with van der Waals surface area (Å²) in [5.41, 5.74) is -1.10. The fourth-order valence-electron chi connectivity index (χ4n) is 3.67. The van der Waals surface area contributed by atoms with E-state index in [0.717, 1.165) is 50.7 Å². The van der Waals surface area contributed by atoms with Crippen LogP contribution < -0.4 is 5.32 Å². The molecule has 8 nitrogen and oxygen atoms in total. The average molecular weight is 560 g/mol. The minimum Gasteiger partial charge on any atom is -0.481 e. The number of hydrogen-bond acceptors (Lipinski definition) is 7. The van der Waals surface area contributed by atoms with E-state index in [-0.39, 0.29) is 24.7 Å². The maximum absolute atomic E-state index is 12.3. The minimum atomic E-state index is -1.02. The Morgan fingerprint density at radius 1 is 0.684 bits per heavy atom. The van der Waals surface area contributed by atoms with E-state index in [9.17, 15) is 19.2 Å². The van der Waals surface area contributed by atoms with Crippen molar-refractivity contribution in [3.05, 3.63) is 0 Å². The fourth-order valence-corrected chi connectivity index (χ4v) is 4.70. The number of amides is 1. The molecule has 9 heteroatoms. The van der Waals surface area contributed by atoms with E-state index >= 15 is 0 Å². The molecule has 38 heavy (non-hydrogen) atoms. The molecule has 0 radical (unpaired) electrons. The summed E-state index contributed by atoms with van der Waals surface area (Å²) in [6.45, 7) is 10.9. The predicted octanol–water partition coefficient (Wildman–Crippen LogP) is 6.43. The molecule has 0 aliphatic rings. The second-order valence-electron chi connectivity index (χ2n) is 11.8. The molecule has 1 unspecified atom stereocenters. The first-order valence-corrected chi connectivity index (χ1v) is 15.4. The number of rotatable bonds is 21. The van der Waals surface area contributed by atoms with Crippen molar-refractivity contribution in [2.45, 2.75) is 149 Å². The standard InChI is InChI=1S/C29H53NO7S/c1-28(2,3)36-26(34)18-14-10-8-12-16-22-38-21-15-11-7-9-13-17-24(31)30-23(19-20-25(32)33)27(35)37-29(4,5)6/h23H,7-22H2,1-6H3,(H,30,31)(H,32,33). The van der Waals surface area contributed by atoms with Crippen LogP contribution >= 0.6 is 11.8 Å². The quantitative estimate of drug-likeness (QED) is 0.122. The monoisotopic (exact) mass is 559 g/mol. The molecule has 1 amide bonds. The number of carbonyl (C=O) groups is 4. The van der Waals surface area contributed by atoms with Gasteiger partial charge in [-0.3, -0.25) is 14.4 Å². The summed E-state index contributed by atoms with van der Waals surface area (Å²) in [5.74, 6) is 0.372. The van der Waals surface area contributed by atoms with Gasteiger partial charge in [-0.2, -0.15) is 11.8 Å². The van der Waals surface area contributed by atoms with Gasteiger partial charge in [0.25, 0.3) is 0 Å². The maximum atomic E-state index is 12.3. The molecule has 2 N–H and O–H groups in total. The van der Waals surface area contributed by atoms with Crippen LogP contribution in [0.3, 0.4) is 0 Å². The summed E-state index contributed by atoms with van der Waals surface area (Å²) < 4.78 is 10.6. The van der Waals surface area contributed by atoms with Gasteiger partial charge in [0.05, 0.1) is 0 Å². The summed E-state index contributed by atoms with van der Waals surface area (Å²) in [6, 6.07) is -0.938. The zero-order valence-electron chi connectivity index (χ0n) is 24.7. The minimum absolute atomic E-state index is 0.0156. The lowest BCUT2D eigenvalue weighted by Crippen LogP contribution is -2.44. The van der Waals surface area contributed by atoms with Crippen LogP contribution in [0.2, 0.25) is 0 Å². The lowest BCUT2D eigenvalue weighted by Gasteiger charge is -2.24. The molecule has 0 rings (SSSR count). The van der Waals surface area contributed by atoms with Crippen LogP contribution in [-0.2, 0) is 28.7 Å². The van der Waals surface area contributed by atoms with Gasteiger partial charge in [0, 0.05) is 19.3 Å². The van der Waals surface area contributed by atoms with E-state index < -0.39 is 29.2 Å². The molecule has 0 heterocycles. The molecular formula is C29H53NO7S. The molecule has 0 aliphatic carbocycles. The number of hydrogen-bond donors (Lipinski definition) is 2. The maximum Gasteiger partial charge on any atom is 0.329 e. The summed E-state index contributed by atoms with van der Waals surface area (Å²) >= 11 is 1.99. The molecule has 0 aromatic heterocycles. The Morgan fingerprint density at radius 3 is 1.66 bits per heavy atom. The van der Waals surface area contributed by atoms with Gasteiger partial charge in [-0.15, -0.1) is 0 Å². The second-order valence-corrected chi connectivity index (χ2v) is 13.0. The largest absolute Gasteiger partial charge is 0.481 e. The van der Waals surface area contributed by atoms with Gasteiger partial charge >= 0.3 is 17.9 Å². The zero-order valence-corrected chi connectivity index (χ0v) is 25.5. The Bertz CT molecular complexity index is 698. The number of ether oxygens (including phenoxy) is 2.